The van der Waals surface area contributed by atoms with Gasteiger partial charge in [0.05, 0.1) is 12.8 Å². The number of carbonyl (C=O) groups excluding carboxylic acids is 1. The van der Waals surface area contributed by atoms with Crippen molar-refractivity contribution < 1.29 is 24.1 Å². The van der Waals surface area contributed by atoms with Gasteiger partial charge in [-0.05, 0) is 30.7 Å². The summed E-state index contributed by atoms with van der Waals surface area (Å²) in [5.74, 6) is 1.29. The van der Waals surface area contributed by atoms with E-state index in [9.17, 15) is 9.90 Å². The van der Waals surface area contributed by atoms with Crippen molar-refractivity contribution in [2.24, 2.45) is 5.10 Å². The molecule has 1 aliphatic heterocycles. The second kappa shape index (κ2) is 8.24. The molecular weight excluding hydrogens is 336 g/mol. The maximum atomic E-state index is 12.1. The number of nitrogens with one attached hydrogen (secondary N) is 1. The predicted molar refractivity (Wildman–Crippen MR) is 96.0 cm³/mol. The Kier molecular flexibility index (Phi) is 5.58. The van der Waals surface area contributed by atoms with Crippen molar-refractivity contribution >= 4 is 12.1 Å². The minimum absolute atomic E-state index is 0.0165. The third kappa shape index (κ3) is 4.24. The molecule has 0 bridgehead atoms. The maximum Gasteiger partial charge on any atom is 0.284 e. The highest BCUT2D eigenvalue weighted by atomic mass is 16.6. The summed E-state index contributed by atoms with van der Waals surface area (Å²) < 4.78 is 16.5. The number of ether oxygens (including phenoxy) is 3. The first-order valence-corrected chi connectivity index (χ1v) is 8.34. The molecule has 7 heteroatoms. The molecule has 7 nitrogen and oxygen atoms in total. The van der Waals surface area contributed by atoms with Crippen molar-refractivity contribution in [3.05, 3.63) is 48.0 Å². The molecule has 0 spiro atoms. The number of fused-ring (bicyclic) bond motifs is 1. The van der Waals surface area contributed by atoms with Crippen LogP contribution in [-0.2, 0) is 4.79 Å². The number of phenolic OH excluding ortho intramolecular Hbond substituents is 1. The maximum absolute atomic E-state index is 12.1. The first-order valence-electron chi connectivity index (χ1n) is 8.34. The Morgan fingerprint density at radius 3 is 2.92 bits per heavy atom. The molecule has 2 aromatic rings. The zero-order valence-electron chi connectivity index (χ0n) is 14.3. The van der Waals surface area contributed by atoms with Gasteiger partial charge in [0.25, 0.3) is 5.91 Å². The number of carbonyl (C=O) groups is 1. The van der Waals surface area contributed by atoms with Crippen LogP contribution in [0.2, 0.25) is 0 Å². The van der Waals surface area contributed by atoms with Crippen LogP contribution in [0.4, 0.5) is 0 Å². The highest BCUT2D eigenvalue weighted by Gasteiger charge is 2.26. The zero-order chi connectivity index (χ0) is 18.4. The van der Waals surface area contributed by atoms with Crippen LogP contribution in [-0.4, -0.2) is 36.5 Å². The fraction of sp³-hybridized carbons (Fsp3) is 0.263. The van der Waals surface area contributed by atoms with Gasteiger partial charge in [-0.2, -0.15) is 5.10 Å². The summed E-state index contributed by atoms with van der Waals surface area (Å²) >= 11 is 0. The number of aromatic hydroxyl groups is 1. The van der Waals surface area contributed by atoms with E-state index in [1.807, 2.05) is 13.0 Å². The van der Waals surface area contributed by atoms with Gasteiger partial charge in [-0.15, -0.1) is 0 Å². The Labute approximate surface area is 151 Å². The van der Waals surface area contributed by atoms with Crippen molar-refractivity contribution in [3.8, 4) is 23.0 Å². The number of phenols is 1. The molecule has 0 fully saturated rings. The average Bonchev–Trinajstić information content (AvgIpc) is 2.67. The number of nitrogens with zero attached hydrogens (tertiary/aromatic N) is 1. The van der Waals surface area contributed by atoms with Crippen molar-refractivity contribution in [2.75, 3.05) is 13.2 Å². The Balaban J connectivity index is 1.56. The fourth-order valence-corrected chi connectivity index (χ4v) is 2.33. The van der Waals surface area contributed by atoms with E-state index in [-0.39, 0.29) is 12.4 Å². The Hall–Kier alpha value is -3.22. The number of amides is 1. The van der Waals surface area contributed by atoms with Crippen LogP contribution in [0.5, 0.6) is 23.0 Å². The molecule has 0 radical (unpaired) electrons. The van der Waals surface area contributed by atoms with Gasteiger partial charge in [0, 0.05) is 11.6 Å². The third-order valence-electron chi connectivity index (χ3n) is 3.65. The van der Waals surface area contributed by atoms with E-state index in [0.717, 1.165) is 6.42 Å². The molecule has 1 heterocycles. The molecule has 26 heavy (non-hydrogen) atoms. The lowest BCUT2D eigenvalue weighted by molar-refractivity contribution is -0.130. The topological polar surface area (TPSA) is 89.4 Å². The third-order valence-corrected chi connectivity index (χ3v) is 3.65. The SMILES string of the molecule is CCCOc1ccc(/C=N/NC(=O)[C@H]2COc3ccccc3O2)c(O)c1. The van der Waals surface area contributed by atoms with Crippen molar-refractivity contribution in [3.63, 3.8) is 0 Å². The van der Waals surface area contributed by atoms with E-state index in [0.29, 0.717) is 29.4 Å². The van der Waals surface area contributed by atoms with Gasteiger partial charge in [-0.1, -0.05) is 19.1 Å². The molecule has 0 unspecified atom stereocenters. The molecule has 136 valence electrons. The number of benzene rings is 2. The summed E-state index contributed by atoms with van der Waals surface area (Å²) in [6.45, 7) is 2.69. The van der Waals surface area contributed by atoms with Crippen molar-refractivity contribution in [1.29, 1.82) is 0 Å². The fourth-order valence-electron chi connectivity index (χ4n) is 2.33. The molecule has 0 aromatic heterocycles. The summed E-state index contributed by atoms with van der Waals surface area (Å²) in [5.41, 5.74) is 2.85. The number of rotatable bonds is 6. The minimum atomic E-state index is -0.791. The van der Waals surface area contributed by atoms with Gasteiger partial charge in [-0.25, -0.2) is 5.43 Å². The van der Waals surface area contributed by atoms with Gasteiger partial charge >= 0.3 is 0 Å². The van der Waals surface area contributed by atoms with Gasteiger partial charge < -0.3 is 19.3 Å². The van der Waals surface area contributed by atoms with Crippen molar-refractivity contribution in [2.45, 2.75) is 19.4 Å². The van der Waals surface area contributed by atoms with Crippen LogP contribution >= 0.6 is 0 Å². The molecule has 2 aromatic carbocycles. The quantitative estimate of drug-likeness (QED) is 0.613. The van der Waals surface area contributed by atoms with Crippen molar-refractivity contribution in [1.82, 2.24) is 5.43 Å². The highest BCUT2D eigenvalue weighted by Crippen LogP contribution is 2.30. The normalized spacial score (nSPS) is 15.7. The van der Waals surface area contributed by atoms with Crippen LogP contribution in [0.1, 0.15) is 18.9 Å². The molecule has 0 aliphatic carbocycles. The number of hydrogen-bond donors (Lipinski definition) is 2. The van der Waals surface area contributed by atoms with Crippen LogP contribution < -0.4 is 19.6 Å². The highest BCUT2D eigenvalue weighted by molar-refractivity contribution is 5.86. The summed E-state index contributed by atoms with van der Waals surface area (Å²) in [6, 6.07) is 12.0. The largest absolute Gasteiger partial charge is 0.507 e. The molecule has 0 saturated heterocycles. The molecule has 2 N–H and O–H groups in total. The smallest absolute Gasteiger partial charge is 0.284 e. The van der Waals surface area contributed by atoms with Gasteiger partial charge in [-0.3, -0.25) is 4.79 Å². The van der Waals surface area contributed by atoms with E-state index < -0.39 is 12.0 Å². The number of hydrazone groups is 1. The number of para-hydroxylation sites is 2. The minimum Gasteiger partial charge on any atom is -0.507 e. The van der Waals surface area contributed by atoms with Crippen LogP contribution in [0.3, 0.4) is 0 Å². The lowest BCUT2D eigenvalue weighted by Crippen LogP contribution is -2.42. The van der Waals surface area contributed by atoms with E-state index >= 15 is 0 Å². The monoisotopic (exact) mass is 356 g/mol. The molecule has 3 rings (SSSR count). The number of hydrogen-bond acceptors (Lipinski definition) is 6. The Morgan fingerprint density at radius 2 is 2.15 bits per heavy atom. The summed E-state index contributed by atoms with van der Waals surface area (Å²) in [5, 5.41) is 13.8. The lowest BCUT2D eigenvalue weighted by Gasteiger charge is -2.24. The predicted octanol–water partition coefficient (Wildman–Crippen LogP) is 2.47. The summed E-state index contributed by atoms with van der Waals surface area (Å²) in [7, 11) is 0. The average molecular weight is 356 g/mol. The Bertz CT molecular complexity index is 806. The molecule has 1 aliphatic rings. The van der Waals surface area contributed by atoms with E-state index in [1.165, 1.54) is 12.3 Å². The molecule has 1 amide bonds. The molecule has 0 saturated carbocycles. The second-order valence-corrected chi connectivity index (χ2v) is 5.67. The molecular formula is C19H20N2O5. The standard InChI is InChI=1S/C19H20N2O5/c1-2-9-24-14-8-7-13(15(22)10-14)11-20-21-19(23)18-12-25-16-5-3-4-6-17(16)26-18/h3-8,10-11,18,22H,2,9,12H2,1H3,(H,21,23)/b20-11+/t18-/m1/s1. The first kappa shape index (κ1) is 17.6. The Morgan fingerprint density at radius 1 is 1.35 bits per heavy atom. The first-order chi connectivity index (χ1) is 12.7. The lowest BCUT2D eigenvalue weighted by atomic mass is 10.2. The van der Waals surface area contributed by atoms with E-state index in [4.69, 9.17) is 14.2 Å². The summed E-state index contributed by atoms with van der Waals surface area (Å²) in [6.07, 6.45) is 1.45. The van der Waals surface area contributed by atoms with Crippen LogP contribution in [0, 0.1) is 0 Å². The van der Waals surface area contributed by atoms with Gasteiger partial charge in [0.1, 0.15) is 18.1 Å². The molecule has 1 atom stereocenters. The van der Waals surface area contributed by atoms with E-state index in [2.05, 4.69) is 10.5 Å². The second-order valence-electron chi connectivity index (χ2n) is 5.67. The van der Waals surface area contributed by atoms with Crippen LogP contribution in [0.25, 0.3) is 0 Å². The van der Waals surface area contributed by atoms with Gasteiger partial charge in [0.2, 0.25) is 6.10 Å². The summed E-state index contributed by atoms with van der Waals surface area (Å²) in [4.78, 5) is 12.1. The van der Waals surface area contributed by atoms with E-state index in [1.54, 1.807) is 30.3 Å². The van der Waals surface area contributed by atoms with Crippen LogP contribution in [0.15, 0.2) is 47.6 Å². The van der Waals surface area contributed by atoms with Gasteiger partial charge in [0.15, 0.2) is 11.5 Å². The zero-order valence-corrected chi connectivity index (χ0v) is 14.3.